The molecule has 1 aliphatic rings. The van der Waals surface area contributed by atoms with E-state index in [9.17, 15) is 4.79 Å². The Morgan fingerprint density at radius 3 is 2.61 bits per heavy atom. The lowest BCUT2D eigenvalue weighted by Gasteiger charge is -2.32. The number of hydrogen-bond acceptors (Lipinski definition) is 4. The van der Waals surface area contributed by atoms with Gasteiger partial charge in [0, 0.05) is 22.3 Å². The molecule has 0 fully saturated rings. The van der Waals surface area contributed by atoms with Crippen LogP contribution >= 0.6 is 11.8 Å². The zero-order chi connectivity index (χ0) is 16.4. The zero-order valence-electron chi connectivity index (χ0n) is 13.4. The highest BCUT2D eigenvalue weighted by Crippen LogP contribution is 2.39. The van der Waals surface area contributed by atoms with Crippen LogP contribution in [-0.4, -0.2) is 31.9 Å². The summed E-state index contributed by atoms with van der Waals surface area (Å²) in [5, 5.41) is 0.356. The van der Waals surface area contributed by atoms with E-state index in [-0.39, 0.29) is 5.91 Å². The van der Waals surface area contributed by atoms with E-state index >= 15 is 0 Å². The van der Waals surface area contributed by atoms with Gasteiger partial charge in [0.15, 0.2) is 11.5 Å². The summed E-state index contributed by atoms with van der Waals surface area (Å²) in [6.45, 7) is 2.82. The van der Waals surface area contributed by atoms with Crippen LogP contribution in [0.25, 0.3) is 0 Å². The van der Waals surface area contributed by atoms with Gasteiger partial charge in [0.25, 0.3) is 5.91 Å². The molecule has 0 saturated heterocycles. The zero-order valence-corrected chi connectivity index (χ0v) is 14.2. The molecule has 2 aromatic rings. The van der Waals surface area contributed by atoms with Crippen LogP contribution in [0.5, 0.6) is 11.5 Å². The van der Waals surface area contributed by atoms with Crippen LogP contribution < -0.4 is 14.4 Å². The molecule has 0 spiro atoms. The minimum Gasteiger partial charge on any atom is -0.493 e. The van der Waals surface area contributed by atoms with Crippen molar-refractivity contribution >= 4 is 23.4 Å². The van der Waals surface area contributed by atoms with Gasteiger partial charge in [0.2, 0.25) is 0 Å². The van der Waals surface area contributed by atoms with Crippen molar-refractivity contribution in [1.82, 2.24) is 0 Å². The Bertz CT molecular complexity index is 732. The Hall–Kier alpha value is -2.14. The van der Waals surface area contributed by atoms with Gasteiger partial charge < -0.3 is 14.4 Å². The summed E-state index contributed by atoms with van der Waals surface area (Å²) in [5.41, 5.74) is 1.56. The fraction of sp³-hybridized carbons (Fsp3) is 0.278. The molecule has 0 aliphatic carbocycles. The Kier molecular flexibility index (Phi) is 4.48. The lowest BCUT2D eigenvalue weighted by atomic mass is 10.1. The van der Waals surface area contributed by atoms with Crippen molar-refractivity contribution in [2.75, 3.05) is 25.7 Å². The molecule has 23 heavy (non-hydrogen) atoms. The number of amides is 1. The van der Waals surface area contributed by atoms with E-state index in [1.165, 1.54) is 0 Å². The second kappa shape index (κ2) is 6.54. The number of ether oxygens (including phenoxy) is 2. The predicted octanol–water partition coefficient (Wildman–Crippen LogP) is 3.84. The van der Waals surface area contributed by atoms with Crippen LogP contribution in [0, 0.1) is 0 Å². The monoisotopic (exact) mass is 329 g/mol. The molecule has 1 heterocycles. The number of thioether (sulfide) groups is 1. The van der Waals surface area contributed by atoms with Gasteiger partial charge in [-0.2, -0.15) is 0 Å². The van der Waals surface area contributed by atoms with E-state index in [4.69, 9.17) is 9.47 Å². The quantitative estimate of drug-likeness (QED) is 0.857. The lowest BCUT2D eigenvalue weighted by molar-refractivity contribution is 0.0986. The molecule has 120 valence electrons. The van der Waals surface area contributed by atoms with Crippen molar-refractivity contribution in [2.24, 2.45) is 0 Å². The summed E-state index contributed by atoms with van der Waals surface area (Å²) >= 11 is 1.80. The van der Waals surface area contributed by atoms with Crippen LogP contribution in [0.3, 0.4) is 0 Å². The van der Waals surface area contributed by atoms with Gasteiger partial charge in [-0.3, -0.25) is 4.79 Å². The Balaban J connectivity index is 1.97. The van der Waals surface area contributed by atoms with Crippen LogP contribution in [0.2, 0.25) is 0 Å². The third-order valence-electron chi connectivity index (χ3n) is 3.80. The smallest absolute Gasteiger partial charge is 0.258 e. The number of carbonyl (C=O) groups excluding carboxylic acids is 1. The molecule has 3 rings (SSSR count). The molecule has 0 radical (unpaired) electrons. The summed E-state index contributed by atoms with van der Waals surface area (Å²) in [7, 11) is 3.15. The molecule has 2 aromatic carbocycles. The van der Waals surface area contributed by atoms with Crippen molar-refractivity contribution in [1.29, 1.82) is 0 Å². The summed E-state index contributed by atoms with van der Waals surface area (Å²) < 4.78 is 10.5. The number of nitrogens with zero attached hydrogens (tertiary/aromatic N) is 1. The van der Waals surface area contributed by atoms with Crippen molar-refractivity contribution in [3.8, 4) is 11.5 Å². The number of para-hydroxylation sites is 1. The average molecular weight is 329 g/mol. The summed E-state index contributed by atoms with van der Waals surface area (Å²) in [6.07, 6.45) is 0. The Labute approximate surface area is 140 Å². The average Bonchev–Trinajstić information content (AvgIpc) is 2.59. The van der Waals surface area contributed by atoms with E-state index in [2.05, 4.69) is 13.0 Å². The molecular weight excluding hydrogens is 310 g/mol. The van der Waals surface area contributed by atoms with Crippen molar-refractivity contribution in [2.45, 2.75) is 17.1 Å². The highest BCUT2D eigenvalue weighted by atomic mass is 32.2. The standard InChI is InChI=1S/C18H19NO3S/c1-12-11-19(14-6-4-5-7-17(14)23-12)18(20)13-8-9-15(21-2)16(10-13)22-3/h4-10,12H,11H2,1-3H3. The molecule has 1 aliphatic heterocycles. The van der Waals surface area contributed by atoms with Gasteiger partial charge in [-0.1, -0.05) is 19.1 Å². The van der Waals surface area contributed by atoms with Crippen molar-refractivity contribution in [3.05, 3.63) is 48.0 Å². The van der Waals surface area contributed by atoms with E-state index in [0.29, 0.717) is 28.9 Å². The first kappa shape index (κ1) is 15.7. The second-order valence-electron chi connectivity index (χ2n) is 5.38. The number of fused-ring (bicyclic) bond motifs is 1. The van der Waals surface area contributed by atoms with Gasteiger partial charge >= 0.3 is 0 Å². The molecular formula is C18H19NO3S. The first-order valence-corrected chi connectivity index (χ1v) is 8.31. The lowest BCUT2D eigenvalue weighted by Crippen LogP contribution is -2.38. The molecule has 5 heteroatoms. The van der Waals surface area contributed by atoms with E-state index in [0.717, 1.165) is 10.6 Å². The van der Waals surface area contributed by atoms with Crippen LogP contribution in [0.4, 0.5) is 5.69 Å². The molecule has 0 bridgehead atoms. The normalized spacial score (nSPS) is 16.7. The van der Waals surface area contributed by atoms with Gasteiger partial charge in [0.05, 0.1) is 19.9 Å². The summed E-state index contributed by atoms with van der Waals surface area (Å²) in [5.74, 6) is 1.16. The number of hydrogen-bond donors (Lipinski definition) is 0. The van der Waals surface area contributed by atoms with Crippen molar-refractivity contribution in [3.63, 3.8) is 0 Å². The fourth-order valence-corrected chi connectivity index (χ4v) is 3.82. The summed E-state index contributed by atoms with van der Waals surface area (Å²) in [4.78, 5) is 16.0. The molecule has 4 nitrogen and oxygen atoms in total. The number of anilines is 1. The number of carbonyl (C=O) groups is 1. The Morgan fingerprint density at radius 1 is 1.13 bits per heavy atom. The number of rotatable bonds is 3. The topological polar surface area (TPSA) is 38.8 Å². The largest absolute Gasteiger partial charge is 0.493 e. The Morgan fingerprint density at radius 2 is 1.87 bits per heavy atom. The highest BCUT2D eigenvalue weighted by Gasteiger charge is 2.27. The molecule has 1 amide bonds. The maximum Gasteiger partial charge on any atom is 0.258 e. The van der Waals surface area contributed by atoms with Crippen molar-refractivity contribution < 1.29 is 14.3 Å². The van der Waals surface area contributed by atoms with Crippen LogP contribution in [-0.2, 0) is 0 Å². The predicted molar refractivity (Wildman–Crippen MR) is 93.0 cm³/mol. The minimum atomic E-state index is -0.0226. The molecule has 1 unspecified atom stereocenters. The first-order valence-electron chi connectivity index (χ1n) is 7.43. The minimum absolute atomic E-state index is 0.0226. The molecule has 0 saturated carbocycles. The maximum absolute atomic E-state index is 13.0. The fourth-order valence-electron chi connectivity index (χ4n) is 2.71. The van der Waals surface area contributed by atoms with Crippen LogP contribution in [0.15, 0.2) is 47.4 Å². The van der Waals surface area contributed by atoms with Gasteiger partial charge in [-0.05, 0) is 30.3 Å². The van der Waals surface area contributed by atoms with Gasteiger partial charge in [0.1, 0.15) is 0 Å². The SMILES string of the molecule is COc1ccc(C(=O)N2CC(C)Sc3ccccc32)cc1OC. The second-order valence-corrected chi connectivity index (χ2v) is 6.86. The molecule has 0 aromatic heterocycles. The number of methoxy groups -OCH3 is 2. The molecule has 1 atom stereocenters. The van der Waals surface area contributed by atoms with E-state index < -0.39 is 0 Å². The number of benzene rings is 2. The first-order chi connectivity index (χ1) is 11.1. The van der Waals surface area contributed by atoms with Crippen LogP contribution in [0.1, 0.15) is 17.3 Å². The summed E-state index contributed by atoms with van der Waals surface area (Å²) in [6, 6.07) is 13.3. The third-order valence-corrected chi connectivity index (χ3v) is 4.95. The van der Waals surface area contributed by atoms with Gasteiger partial charge in [-0.15, -0.1) is 11.8 Å². The highest BCUT2D eigenvalue weighted by molar-refractivity contribution is 8.00. The van der Waals surface area contributed by atoms with Gasteiger partial charge in [-0.25, -0.2) is 0 Å². The molecule has 0 N–H and O–H groups in total. The van der Waals surface area contributed by atoms with E-state index in [1.54, 1.807) is 44.2 Å². The third kappa shape index (κ3) is 3.01. The van der Waals surface area contributed by atoms with E-state index in [1.807, 2.05) is 23.1 Å². The maximum atomic E-state index is 13.0.